The van der Waals surface area contributed by atoms with Gasteiger partial charge in [-0.3, -0.25) is 9.69 Å². The van der Waals surface area contributed by atoms with E-state index in [1.807, 2.05) is 17.0 Å². The Balaban J connectivity index is 1.99. The van der Waals surface area contributed by atoms with Gasteiger partial charge in [0.2, 0.25) is 5.91 Å². The molecule has 0 aromatic heterocycles. The molecule has 1 saturated heterocycles. The first-order chi connectivity index (χ1) is 13.0. The summed E-state index contributed by atoms with van der Waals surface area (Å²) in [5.41, 5.74) is 1.51. The zero-order valence-electron chi connectivity index (χ0n) is 16.5. The van der Waals surface area contributed by atoms with Crippen molar-refractivity contribution in [2.75, 3.05) is 53.6 Å². The van der Waals surface area contributed by atoms with Crippen LogP contribution in [-0.4, -0.2) is 75.3 Å². The van der Waals surface area contributed by atoms with Gasteiger partial charge in [-0.1, -0.05) is 6.07 Å². The molecule has 150 valence electrons. The Morgan fingerprint density at radius 3 is 2.37 bits per heavy atom. The lowest BCUT2D eigenvalue weighted by molar-refractivity contribution is -0.130. The molecule has 7 nitrogen and oxygen atoms in total. The third-order valence-electron chi connectivity index (χ3n) is 4.68. The number of amides is 1. The molecular formula is C20H30N2O5. The van der Waals surface area contributed by atoms with E-state index in [0.717, 1.165) is 51.1 Å². The molecule has 0 aliphatic carbocycles. The topological polar surface area (TPSA) is 68.3 Å². The number of hydrogen-bond donors (Lipinski definition) is 0. The average Bonchev–Trinajstić information content (AvgIpc) is 2.68. The van der Waals surface area contributed by atoms with Crippen LogP contribution in [0.25, 0.3) is 0 Å². The first kappa shape index (κ1) is 21.2. The van der Waals surface area contributed by atoms with Gasteiger partial charge in [-0.25, -0.2) is 4.79 Å². The molecular weight excluding hydrogens is 348 g/mol. The molecule has 1 aliphatic heterocycles. The van der Waals surface area contributed by atoms with Gasteiger partial charge in [0.15, 0.2) is 0 Å². The van der Waals surface area contributed by atoms with E-state index in [-0.39, 0.29) is 5.91 Å². The molecule has 0 saturated carbocycles. The van der Waals surface area contributed by atoms with Crippen molar-refractivity contribution in [3.8, 4) is 5.75 Å². The quantitative estimate of drug-likeness (QED) is 0.483. The predicted octanol–water partition coefficient (Wildman–Crippen LogP) is 1.94. The minimum absolute atomic E-state index is 0.126. The highest BCUT2D eigenvalue weighted by Gasteiger charge is 2.20. The summed E-state index contributed by atoms with van der Waals surface area (Å²) in [7, 11) is 3.04. The lowest BCUT2D eigenvalue weighted by Gasteiger charge is -2.34. The van der Waals surface area contributed by atoms with Crippen LogP contribution < -0.4 is 4.74 Å². The first-order valence-corrected chi connectivity index (χ1v) is 9.36. The smallest absolute Gasteiger partial charge is 0.341 e. The Labute approximate surface area is 161 Å². The molecule has 0 radical (unpaired) electrons. The minimum Gasteiger partial charge on any atom is -0.493 e. The molecule has 2 rings (SSSR count). The highest BCUT2D eigenvalue weighted by Crippen LogP contribution is 2.23. The van der Waals surface area contributed by atoms with Gasteiger partial charge in [-0.05, 0) is 30.5 Å². The number of methoxy groups -OCH3 is 2. The Hall–Kier alpha value is -2.12. The molecule has 1 aliphatic rings. The molecule has 0 spiro atoms. The first-order valence-electron chi connectivity index (χ1n) is 9.36. The van der Waals surface area contributed by atoms with Crippen LogP contribution in [0.5, 0.6) is 5.75 Å². The highest BCUT2D eigenvalue weighted by atomic mass is 16.5. The van der Waals surface area contributed by atoms with Crippen molar-refractivity contribution in [1.82, 2.24) is 9.80 Å². The van der Waals surface area contributed by atoms with Crippen LogP contribution in [0.4, 0.5) is 0 Å². The van der Waals surface area contributed by atoms with Crippen molar-refractivity contribution in [1.29, 1.82) is 0 Å². The van der Waals surface area contributed by atoms with Gasteiger partial charge in [0.1, 0.15) is 11.3 Å². The maximum Gasteiger partial charge on any atom is 0.341 e. The summed E-state index contributed by atoms with van der Waals surface area (Å²) in [6.07, 6.45) is 1.76. The van der Waals surface area contributed by atoms with E-state index in [0.29, 0.717) is 24.5 Å². The lowest BCUT2D eigenvalue weighted by Crippen LogP contribution is -2.47. The van der Waals surface area contributed by atoms with Crippen molar-refractivity contribution >= 4 is 11.9 Å². The van der Waals surface area contributed by atoms with Gasteiger partial charge in [-0.2, -0.15) is 0 Å². The largest absolute Gasteiger partial charge is 0.493 e. The predicted molar refractivity (Wildman–Crippen MR) is 102 cm³/mol. The monoisotopic (exact) mass is 378 g/mol. The van der Waals surface area contributed by atoms with Crippen molar-refractivity contribution in [2.24, 2.45) is 0 Å². The lowest BCUT2D eigenvalue weighted by atomic mass is 10.1. The number of carbonyl (C=O) groups excluding carboxylic acids is 2. The summed E-state index contributed by atoms with van der Waals surface area (Å²) < 4.78 is 15.8. The molecule has 1 amide bonds. The molecule has 1 aromatic carbocycles. The molecule has 0 unspecified atom stereocenters. The Bertz CT molecular complexity index is 627. The van der Waals surface area contributed by atoms with Crippen LogP contribution in [0.2, 0.25) is 0 Å². The Morgan fingerprint density at radius 2 is 1.74 bits per heavy atom. The Kier molecular flexibility index (Phi) is 8.54. The van der Waals surface area contributed by atoms with Gasteiger partial charge < -0.3 is 19.1 Å². The second-order valence-electron chi connectivity index (χ2n) is 6.65. The highest BCUT2D eigenvalue weighted by molar-refractivity contribution is 5.92. The number of hydrogen-bond acceptors (Lipinski definition) is 6. The zero-order valence-corrected chi connectivity index (χ0v) is 16.5. The van der Waals surface area contributed by atoms with Gasteiger partial charge in [0, 0.05) is 53.4 Å². The van der Waals surface area contributed by atoms with Gasteiger partial charge in [0.25, 0.3) is 0 Å². The van der Waals surface area contributed by atoms with Crippen molar-refractivity contribution < 1.29 is 23.8 Å². The molecule has 1 fully saturated rings. The third kappa shape index (κ3) is 6.52. The maximum atomic E-state index is 12.0. The fourth-order valence-corrected chi connectivity index (χ4v) is 3.07. The zero-order chi connectivity index (χ0) is 19.6. The summed E-state index contributed by atoms with van der Waals surface area (Å²) >= 11 is 0. The van der Waals surface area contributed by atoms with E-state index >= 15 is 0 Å². The molecule has 0 N–H and O–H groups in total. The van der Waals surface area contributed by atoms with E-state index in [9.17, 15) is 9.59 Å². The summed E-state index contributed by atoms with van der Waals surface area (Å²) in [6, 6.07) is 5.61. The van der Waals surface area contributed by atoms with Crippen LogP contribution in [0, 0.1) is 0 Å². The summed E-state index contributed by atoms with van der Waals surface area (Å²) in [6.45, 7) is 6.76. The van der Waals surface area contributed by atoms with Gasteiger partial charge >= 0.3 is 5.97 Å². The van der Waals surface area contributed by atoms with Crippen LogP contribution in [-0.2, 0) is 20.8 Å². The molecule has 7 heteroatoms. The fourth-order valence-electron chi connectivity index (χ4n) is 3.07. The van der Waals surface area contributed by atoms with Crippen molar-refractivity contribution in [3.63, 3.8) is 0 Å². The number of unbranched alkanes of at least 4 members (excludes halogenated alkanes) is 1. The second-order valence-corrected chi connectivity index (χ2v) is 6.65. The second kappa shape index (κ2) is 10.9. The molecule has 0 atom stereocenters. The fraction of sp³-hybridized carbons (Fsp3) is 0.600. The van der Waals surface area contributed by atoms with Crippen LogP contribution in [0.15, 0.2) is 18.2 Å². The average molecular weight is 378 g/mol. The van der Waals surface area contributed by atoms with Crippen LogP contribution in [0.1, 0.15) is 35.7 Å². The van der Waals surface area contributed by atoms with Crippen molar-refractivity contribution in [2.45, 2.75) is 26.3 Å². The molecule has 27 heavy (non-hydrogen) atoms. The number of rotatable bonds is 9. The number of carbonyl (C=O) groups is 2. The van der Waals surface area contributed by atoms with Crippen molar-refractivity contribution in [3.05, 3.63) is 29.3 Å². The molecule has 1 aromatic rings. The van der Waals surface area contributed by atoms with E-state index in [2.05, 4.69) is 4.90 Å². The standard InChI is InChI=1S/C20H30N2O5/c1-16(23)22-10-8-21(9-11-22)15-17-6-7-18(20(24)26-3)19(14-17)27-13-5-4-12-25-2/h6-7,14H,4-5,8-13,15H2,1-3H3. The maximum absolute atomic E-state index is 12.0. The third-order valence-corrected chi connectivity index (χ3v) is 4.68. The summed E-state index contributed by atoms with van der Waals surface area (Å²) in [5.74, 6) is 0.281. The number of piperazine rings is 1. The number of nitrogens with zero attached hydrogens (tertiary/aromatic N) is 2. The van der Waals surface area contributed by atoms with E-state index in [1.54, 1.807) is 20.1 Å². The minimum atomic E-state index is -0.400. The van der Waals surface area contributed by atoms with Gasteiger partial charge in [0.05, 0.1) is 13.7 Å². The van der Waals surface area contributed by atoms with E-state index in [4.69, 9.17) is 14.2 Å². The number of benzene rings is 1. The molecule has 1 heterocycles. The molecule has 0 bridgehead atoms. The summed E-state index contributed by atoms with van der Waals surface area (Å²) in [5, 5.41) is 0. The van der Waals surface area contributed by atoms with Crippen LogP contribution >= 0.6 is 0 Å². The number of esters is 1. The SMILES string of the molecule is COCCCCOc1cc(CN2CCN(C(C)=O)CC2)ccc1C(=O)OC. The summed E-state index contributed by atoms with van der Waals surface area (Å²) in [4.78, 5) is 27.6. The normalized spacial score (nSPS) is 14.9. The van der Waals surface area contributed by atoms with Crippen LogP contribution in [0.3, 0.4) is 0 Å². The Morgan fingerprint density at radius 1 is 1.04 bits per heavy atom. The van der Waals surface area contributed by atoms with Gasteiger partial charge in [-0.15, -0.1) is 0 Å². The van der Waals surface area contributed by atoms with E-state index < -0.39 is 5.97 Å². The van der Waals surface area contributed by atoms with E-state index in [1.165, 1.54) is 7.11 Å². The number of ether oxygens (including phenoxy) is 3.